The lowest BCUT2D eigenvalue weighted by Crippen LogP contribution is -2.24. The lowest BCUT2D eigenvalue weighted by Gasteiger charge is -2.10. The zero-order valence-electron chi connectivity index (χ0n) is 13.0. The molecule has 3 rings (SSSR count). The number of amides is 2. The maximum atomic E-state index is 12.0. The molecular weight excluding hydrogens is 328 g/mol. The van der Waals surface area contributed by atoms with Gasteiger partial charge in [-0.2, -0.15) is 0 Å². The SMILES string of the molecule is O=C(Cc1cccc(Cl)c1)NCc1ccc2c(c1)NC(=O)CCO2. The van der Waals surface area contributed by atoms with Gasteiger partial charge in [0.05, 0.1) is 25.1 Å². The predicted octanol–water partition coefficient (Wildman–Crippen LogP) is 2.92. The maximum Gasteiger partial charge on any atom is 0.227 e. The van der Waals surface area contributed by atoms with Gasteiger partial charge in [-0.1, -0.05) is 29.8 Å². The van der Waals surface area contributed by atoms with Crippen LogP contribution in [0.5, 0.6) is 5.75 Å². The first-order valence-electron chi connectivity index (χ1n) is 7.67. The van der Waals surface area contributed by atoms with Gasteiger partial charge in [0, 0.05) is 11.6 Å². The number of carbonyl (C=O) groups is 2. The summed E-state index contributed by atoms with van der Waals surface area (Å²) in [6, 6.07) is 12.7. The fourth-order valence-corrected chi connectivity index (χ4v) is 2.69. The molecule has 1 aliphatic rings. The molecule has 0 unspecified atom stereocenters. The third-order valence-electron chi connectivity index (χ3n) is 3.65. The van der Waals surface area contributed by atoms with Crippen LogP contribution in [0.15, 0.2) is 42.5 Å². The number of fused-ring (bicyclic) bond motifs is 1. The van der Waals surface area contributed by atoms with E-state index in [1.54, 1.807) is 18.2 Å². The topological polar surface area (TPSA) is 67.4 Å². The molecule has 0 saturated carbocycles. The minimum absolute atomic E-state index is 0.0732. The maximum absolute atomic E-state index is 12.0. The van der Waals surface area contributed by atoms with Crippen LogP contribution >= 0.6 is 11.6 Å². The van der Waals surface area contributed by atoms with E-state index < -0.39 is 0 Å². The van der Waals surface area contributed by atoms with E-state index in [2.05, 4.69) is 10.6 Å². The number of carbonyl (C=O) groups excluding carboxylic acids is 2. The molecule has 1 heterocycles. The second kappa shape index (κ2) is 7.36. The third kappa shape index (κ3) is 4.26. The van der Waals surface area contributed by atoms with E-state index in [4.69, 9.17) is 16.3 Å². The Morgan fingerprint density at radius 3 is 2.92 bits per heavy atom. The van der Waals surface area contributed by atoms with E-state index in [0.29, 0.717) is 36.0 Å². The Labute approximate surface area is 145 Å². The minimum atomic E-state index is -0.0903. The van der Waals surface area contributed by atoms with E-state index in [1.165, 1.54) is 0 Å². The van der Waals surface area contributed by atoms with Gasteiger partial charge in [-0.15, -0.1) is 0 Å². The number of hydrogen-bond acceptors (Lipinski definition) is 3. The fraction of sp³-hybridized carbons (Fsp3) is 0.222. The Kier molecular flexibility index (Phi) is 5.01. The summed E-state index contributed by atoms with van der Waals surface area (Å²) in [5.41, 5.74) is 2.39. The smallest absolute Gasteiger partial charge is 0.227 e. The molecule has 124 valence electrons. The van der Waals surface area contributed by atoms with E-state index in [1.807, 2.05) is 24.3 Å². The van der Waals surface area contributed by atoms with Crippen LogP contribution in [0.1, 0.15) is 17.5 Å². The summed E-state index contributed by atoms with van der Waals surface area (Å²) < 4.78 is 5.51. The molecule has 2 aromatic carbocycles. The Bertz CT molecular complexity index is 777. The van der Waals surface area contributed by atoms with E-state index in [9.17, 15) is 9.59 Å². The van der Waals surface area contributed by atoms with Crippen molar-refractivity contribution in [1.29, 1.82) is 0 Å². The second-order valence-electron chi connectivity index (χ2n) is 5.56. The Balaban J connectivity index is 1.60. The molecule has 0 aliphatic carbocycles. The van der Waals surface area contributed by atoms with Crippen molar-refractivity contribution in [2.24, 2.45) is 0 Å². The van der Waals surface area contributed by atoms with Crippen molar-refractivity contribution >= 4 is 29.1 Å². The average molecular weight is 345 g/mol. The molecule has 0 atom stereocenters. The summed E-state index contributed by atoms with van der Waals surface area (Å²) in [5, 5.41) is 6.28. The molecule has 2 amide bonds. The van der Waals surface area contributed by atoms with Gasteiger partial charge in [-0.25, -0.2) is 0 Å². The lowest BCUT2D eigenvalue weighted by molar-refractivity contribution is -0.120. The highest BCUT2D eigenvalue weighted by Gasteiger charge is 2.14. The highest BCUT2D eigenvalue weighted by Crippen LogP contribution is 2.28. The summed E-state index contributed by atoms with van der Waals surface area (Å²) in [7, 11) is 0. The van der Waals surface area contributed by atoms with Gasteiger partial charge in [0.2, 0.25) is 11.8 Å². The van der Waals surface area contributed by atoms with Gasteiger partial charge >= 0.3 is 0 Å². The first kappa shape index (κ1) is 16.3. The van der Waals surface area contributed by atoms with Crippen LogP contribution in [0.3, 0.4) is 0 Å². The summed E-state index contributed by atoms with van der Waals surface area (Å²) in [6.07, 6.45) is 0.603. The second-order valence-corrected chi connectivity index (χ2v) is 6.00. The lowest BCUT2D eigenvalue weighted by atomic mass is 10.1. The van der Waals surface area contributed by atoms with Crippen LogP contribution < -0.4 is 15.4 Å². The summed E-state index contributed by atoms with van der Waals surface area (Å²) in [5.74, 6) is 0.484. The Morgan fingerprint density at radius 2 is 2.08 bits per heavy atom. The molecule has 0 fully saturated rings. The molecule has 1 aliphatic heterocycles. The van der Waals surface area contributed by atoms with Crippen molar-refractivity contribution in [1.82, 2.24) is 5.32 Å². The molecule has 6 heteroatoms. The van der Waals surface area contributed by atoms with Crippen molar-refractivity contribution in [2.45, 2.75) is 19.4 Å². The third-order valence-corrected chi connectivity index (χ3v) is 3.88. The molecule has 2 N–H and O–H groups in total. The number of benzene rings is 2. The van der Waals surface area contributed by atoms with Crippen LogP contribution in [-0.2, 0) is 22.6 Å². The van der Waals surface area contributed by atoms with Crippen molar-refractivity contribution in [3.05, 3.63) is 58.6 Å². The molecule has 24 heavy (non-hydrogen) atoms. The average Bonchev–Trinajstić information content (AvgIpc) is 2.73. The number of hydrogen-bond donors (Lipinski definition) is 2. The van der Waals surface area contributed by atoms with E-state index in [0.717, 1.165) is 11.1 Å². The monoisotopic (exact) mass is 344 g/mol. The van der Waals surface area contributed by atoms with Gasteiger partial charge in [0.15, 0.2) is 0 Å². The molecule has 5 nitrogen and oxygen atoms in total. The first-order valence-corrected chi connectivity index (χ1v) is 8.05. The highest BCUT2D eigenvalue weighted by atomic mass is 35.5. The van der Waals surface area contributed by atoms with Gasteiger partial charge in [-0.05, 0) is 35.4 Å². The number of halogens is 1. The largest absolute Gasteiger partial charge is 0.491 e. The van der Waals surface area contributed by atoms with Gasteiger partial charge in [0.25, 0.3) is 0 Å². The first-order chi connectivity index (χ1) is 11.6. The van der Waals surface area contributed by atoms with Gasteiger partial charge in [-0.3, -0.25) is 9.59 Å². The molecule has 0 aromatic heterocycles. The predicted molar refractivity (Wildman–Crippen MR) is 92.2 cm³/mol. The van der Waals surface area contributed by atoms with Gasteiger partial charge in [0.1, 0.15) is 5.75 Å². The van der Waals surface area contributed by atoms with Crippen LogP contribution in [0.2, 0.25) is 5.02 Å². The molecule has 0 radical (unpaired) electrons. The molecule has 0 saturated heterocycles. The number of rotatable bonds is 4. The minimum Gasteiger partial charge on any atom is -0.491 e. The number of anilines is 1. The number of nitrogens with one attached hydrogen (secondary N) is 2. The van der Waals surface area contributed by atoms with Crippen molar-refractivity contribution in [3.63, 3.8) is 0 Å². The standard InChI is InChI=1S/C18H17ClN2O3/c19-14-3-1-2-12(8-14)10-18(23)20-11-13-4-5-16-15(9-13)21-17(22)6-7-24-16/h1-5,8-9H,6-7,10-11H2,(H,20,23)(H,21,22). The number of ether oxygens (including phenoxy) is 1. The van der Waals surface area contributed by atoms with Crippen molar-refractivity contribution in [3.8, 4) is 5.75 Å². The fourth-order valence-electron chi connectivity index (χ4n) is 2.47. The zero-order valence-corrected chi connectivity index (χ0v) is 13.7. The van der Waals surface area contributed by atoms with E-state index >= 15 is 0 Å². The molecular formula is C18H17ClN2O3. The molecule has 0 spiro atoms. The normalized spacial score (nSPS) is 13.3. The van der Waals surface area contributed by atoms with E-state index in [-0.39, 0.29) is 18.2 Å². The van der Waals surface area contributed by atoms with Crippen LogP contribution in [0.25, 0.3) is 0 Å². The van der Waals surface area contributed by atoms with Crippen LogP contribution in [0, 0.1) is 0 Å². The molecule has 2 aromatic rings. The zero-order chi connectivity index (χ0) is 16.9. The Morgan fingerprint density at radius 1 is 1.21 bits per heavy atom. The summed E-state index contributed by atoms with van der Waals surface area (Å²) >= 11 is 5.92. The van der Waals surface area contributed by atoms with Crippen molar-refractivity contribution < 1.29 is 14.3 Å². The van der Waals surface area contributed by atoms with Crippen LogP contribution in [-0.4, -0.2) is 18.4 Å². The summed E-state index contributed by atoms with van der Waals surface area (Å²) in [6.45, 7) is 0.747. The Hall–Kier alpha value is -2.53. The molecule has 0 bridgehead atoms. The van der Waals surface area contributed by atoms with Crippen molar-refractivity contribution in [2.75, 3.05) is 11.9 Å². The highest BCUT2D eigenvalue weighted by molar-refractivity contribution is 6.30. The van der Waals surface area contributed by atoms with Gasteiger partial charge < -0.3 is 15.4 Å². The van der Waals surface area contributed by atoms with Crippen LogP contribution in [0.4, 0.5) is 5.69 Å². The summed E-state index contributed by atoms with van der Waals surface area (Å²) in [4.78, 5) is 23.6. The quantitative estimate of drug-likeness (QED) is 0.896.